The molecule has 1 N–H and O–H groups in total. The summed E-state index contributed by atoms with van der Waals surface area (Å²) in [5.41, 5.74) is 1.07. The number of fused-ring (bicyclic) bond motifs is 1. The molecule has 0 aromatic heterocycles. The largest absolute Gasteiger partial charge is 0.380 e. The Morgan fingerprint density at radius 3 is 3.18 bits per heavy atom. The molecule has 2 rings (SSSR count). The van der Waals surface area contributed by atoms with Gasteiger partial charge in [0.05, 0.1) is 18.3 Å². The van der Waals surface area contributed by atoms with Crippen molar-refractivity contribution in [3.8, 4) is 0 Å². The van der Waals surface area contributed by atoms with E-state index in [1.54, 1.807) is 6.08 Å². The Hall–Kier alpha value is -1.12. The summed E-state index contributed by atoms with van der Waals surface area (Å²) in [5, 5.41) is 3.12. The van der Waals surface area contributed by atoms with Crippen molar-refractivity contribution >= 4 is 6.21 Å². The van der Waals surface area contributed by atoms with Crippen LogP contribution in [-0.2, 0) is 0 Å². The minimum atomic E-state index is -0.248. The van der Waals surface area contributed by atoms with Crippen LogP contribution in [0.2, 0.25) is 0 Å². The van der Waals surface area contributed by atoms with Crippen LogP contribution in [0.15, 0.2) is 28.7 Å². The molecule has 0 radical (unpaired) electrons. The molecule has 0 fully saturated rings. The molecule has 2 aliphatic rings. The second kappa shape index (κ2) is 2.19. The summed E-state index contributed by atoms with van der Waals surface area (Å²) in [5.74, 6) is -0.248. The van der Waals surface area contributed by atoms with E-state index in [1.165, 1.54) is 6.21 Å². The molecular weight excluding hydrogens is 143 g/mol. The van der Waals surface area contributed by atoms with Crippen molar-refractivity contribution in [3.63, 3.8) is 0 Å². The van der Waals surface area contributed by atoms with Crippen LogP contribution < -0.4 is 5.32 Å². The molecule has 0 spiro atoms. The number of hydrogen-bond donors (Lipinski definition) is 1. The molecule has 2 unspecified atom stereocenters. The zero-order chi connectivity index (χ0) is 7.84. The van der Waals surface area contributed by atoms with E-state index in [9.17, 15) is 4.39 Å². The number of halogens is 1. The monoisotopic (exact) mass is 152 g/mol. The average Bonchev–Trinajstić information content (AvgIpc) is 2.27. The quantitative estimate of drug-likeness (QED) is 0.553. The predicted molar refractivity (Wildman–Crippen MR) is 42.2 cm³/mol. The molecule has 2 nitrogen and oxygen atoms in total. The zero-order valence-electron chi connectivity index (χ0n) is 6.21. The maximum atomic E-state index is 12.6. The lowest BCUT2D eigenvalue weighted by atomic mass is 10.1. The first-order valence-corrected chi connectivity index (χ1v) is 3.61. The van der Waals surface area contributed by atoms with Crippen LogP contribution in [0.5, 0.6) is 0 Å². The molecule has 3 heteroatoms. The molecular formula is C8H9FN2. The highest BCUT2D eigenvalue weighted by atomic mass is 19.1. The number of hydrogen-bond acceptors (Lipinski definition) is 2. The third-order valence-corrected chi connectivity index (χ3v) is 1.89. The fourth-order valence-electron chi connectivity index (χ4n) is 1.40. The fraction of sp³-hybridized carbons (Fsp3) is 0.375. The fourth-order valence-corrected chi connectivity index (χ4v) is 1.40. The van der Waals surface area contributed by atoms with E-state index in [2.05, 4.69) is 10.3 Å². The van der Waals surface area contributed by atoms with Crippen molar-refractivity contribution in [2.75, 3.05) is 0 Å². The van der Waals surface area contributed by atoms with Crippen molar-refractivity contribution in [2.45, 2.75) is 19.0 Å². The lowest BCUT2D eigenvalue weighted by molar-refractivity contribution is 0.603. The van der Waals surface area contributed by atoms with Gasteiger partial charge < -0.3 is 5.32 Å². The summed E-state index contributed by atoms with van der Waals surface area (Å²) in [6, 6.07) is 0.148. The standard InChI is InChI=1S/C8H9FN2/c1-5-2-7-8(11-5)3-6(9)4-10-7/h2-4,7-8,11H,1H3. The topological polar surface area (TPSA) is 24.4 Å². The first kappa shape index (κ1) is 6.58. The SMILES string of the molecule is CC1=CC2N=CC(F)=CC2N1. The summed E-state index contributed by atoms with van der Waals surface area (Å²) in [7, 11) is 0. The third kappa shape index (κ3) is 1.06. The van der Waals surface area contributed by atoms with Gasteiger partial charge in [0.1, 0.15) is 5.83 Å². The molecule has 0 aromatic carbocycles. The Kier molecular flexibility index (Phi) is 1.31. The number of nitrogens with zero attached hydrogens (tertiary/aromatic N) is 1. The van der Waals surface area contributed by atoms with Gasteiger partial charge in [-0.05, 0) is 19.1 Å². The van der Waals surface area contributed by atoms with Crippen LogP contribution in [-0.4, -0.2) is 18.3 Å². The molecule has 0 amide bonds. The summed E-state index contributed by atoms with van der Waals surface area (Å²) in [6.07, 6.45) is 4.84. The van der Waals surface area contributed by atoms with Crippen molar-refractivity contribution < 1.29 is 4.39 Å². The van der Waals surface area contributed by atoms with E-state index < -0.39 is 0 Å². The Labute approximate surface area is 64.5 Å². The van der Waals surface area contributed by atoms with Gasteiger partial charge >= 0.3 is 0 Å². The van der Waals surface area contributed by atoms with Crippen LogP contribution in [0.1, 0.15) is 6.92 Å². The van der Waals surface area contributed by atoms with E-state index in [0.717, 1.165) is 5.70 Å². The molecule has 0 aliphatic carbocycles. The molecule has 0 aromatic rings. The Balaban J connectivity index is 2.25. The van der Waals surface area contributed by atoms with Gasteiger partial charge in [-0.15, -0.1) is 0 Å². The third-order valence-electron chi connectivity index (χ3n) is 1.89. The highest BCUT2D eigenvalue weighted by Crippen LogP contribution is 2.18. The van der Waals surface area contributed by atoms with Gasteiger partial charge in [-0.2, -0.15) is 0 Å². The normalized spacial score (nSPS) is 34.0. The van der Waals surface area contributed by atoms with E-state index in [-0.39, 0.29) is 17.9 Å². The van der Waals surface area contributed by atoms with Crippen molar-refractivity contribution in [2.24, 2.45) is 4.99 Å². The van der Waals surface area contributed by atoms with E-state index in [0.29, 0.717) is 0 Å². The first-order valence-electron chi connectivity index (χ1n) is 3.61. The van der Waals surface area contributed by atoms with E-state index in [1.807, 2.05) is 13.0 Å². The number of aliphatic imine (C=N–C) groups is 1. The van der Waals surface area contributed by atoms with Crippen LogP contribution >= 0.6 is 0 Å². The molecule has 11 heavy (non-hydrogen) atoms. The maximum Gasteiger partial charge on any atom is 0.139 e. The molecule has 2 heterocycles. The van der Waals surface area contributed by atoms with Gasteiger partial charge in [-0.1, -0.05) is 0 Å². The molecule has 2 atom stereocenters. The Bertz CT molecular complexity index is 265. The van der Waals surface area contributed by atoms with E-state index in [4.69, 9.17) is 0 Å². The number of nitrogens with one attached hydrogen (secondary N) is 1. The smallest absolute Gasteiger partial charge is 0.139 e. The van der Waals surface area contributed by atoms with Gasteiger partial charge in [0.25, 0.3) is 0 Å². The van der Waals surface area contributed by atoms with Crippen molar-refractivity contribution in [3.05, 3.63) is 23.7 Å². The zero-order valence-corrected chi connectivity index (χ0v) is 6.21. The summed E-state index contributed by atoms with van der Waals surface area (Å²) in [4.78, 5) is 4.02. The van der Waals surface area contributed by atoms with Gasteiger partial charge in [0.2, 0.25) is 0 Å². The molecule has 0 saturated heterocycles. The molecule has 0 saturated carbocycles. The lowest BCUT2D eigenvalue weighted by Crippen LogP contribution is -2.30. The molecule has 2 aliphatic heterocycles. The second-order valence-electron chi connectivity index (χ2n) is 2.84. The van der Waals surface area contributed by atoms with Crippen LogP contribution in [0, 0.1) is 0 Å². The highest BCUT2D eigenvalue weighted by Gasteiger charge is 2.25. The lowest BCUT2D eigenvalue weighted by Gasteiger charge is -2.15. The minimum Gasteiger partial charge on any atom is -0.380 e. The average molecular weight is 152 g/mol. The summed E-state index contributed by atoms with van der Waals surface area (Å²) in [6.45, 7) is 1.96. The second-order valence-corrected chi connectivity index (χ2v) is 2.84. The number of dihydropyridines is 1. The summed E-state index contributed by atoms with van der Waals surface area (Å²) >= 11 is 0. The highest BCUT2D eigenvalue weighted by molar-refractivity contribution is 5.77. The molecule has 58 valence electrons. The Morgan fingerprint density at radius 1 is 1.55 bits per heavy atom. The van der Waals surface area contributed by atoms with Gasteiger partial charge in [0, 0.05) is 5.70 Å². The van der Waals surface area contributed by atoms with Gasteiger partial charge in [-0.25, -0.2) is 4.39 Å². The van der Waals surface area contributed by atoms with Crippen LogP contribution in [0.4, 0.5) is 4.39 Å². The van der Waals surface area contributed by atoms with E-state index >= 15 is 0 Å². The molecule has 0 bridgehead atoms. The van der Waals surface area contributed by atoms with Crippen LogP contribution in [0.25, 0.3) is 0 Å². The first-order chi connectivity index (χ1) is 5.25. The Morgan fingerprint density at radius 2 is 2.36 bits per heavy atom. The van der Waals surface area contributed by atoms with Gasteiger partial charge in [-0.3, -0.25) is 4.99 Å². The number of allylic oxidation sites excluding steroid dienone is 2. The summed E-state index contributed by atoms with van der Waals surface area (Å²) < 4.78 is 12.6. The minimum absolute atomic E-state index is 0.0417. The predicted octanol–water partition coefficient (Wildman–Crippen LogP) is 1.17. The van der Waals surface area contributed by atoms with Gasteiger partial charge in [0.15, 0.2) is 0 Å². The van der Waals surface area contributed by atoms with Crippen LogP contribution in [0.3, 0.4) is 0 Å². The van der Waals surface area contributed by atoms with Crippen molar-refractivity contribution in [1.82, 2.24) is 5.32 Å². The number of rotatable bonds is 0. The van der Waals surface area contributed by atoms with Crippen molar-refractivity contribution in [1.29, 1.82) is 0 Å². The maximum absolute atomic E-state index is 12.6.